The average molecular weight is 379 g/mol. The lowest BCUT2D eigenvalue weighted by Crippen LogP contribution is -2.29. The number of carbonyl (C=O) groups is 2. The SMILES string of the molecule is CC(C)OC(=O)CCCCCN1C(=O)/C(=C\c2ccccn2)SC1=S. The molecule has 0 radical (unpaired) electrons. The van der Waals surface area contributed by atoms with E-state index in [1.807, 2.05) is 32.0 Å². The van der Waals surface area contributed by atoms with Gasteiger partial charge in [0, 0.05) is 19.2 Å². The molecule has 0 spiro atoms. The fourth-order valence-electron chi connectivity index (χ4n) is 2.33. The van der Waals surface area contributed by atoms with Gasteiger partial charge in [-0.1, -0.05) is 36.5 Å². The minimum atomic E-state index is -0.168. The van der Waals surface area contributed by atoms with E-state index < -0.39 is 0 Å². The van der Waals surface area contributed by atoms with Crippen LogP contribution >= 0.6 is 24.0 Å². The Kier molecular flexibility index (Phi) is 7.58. The molecule has 0 unspecified atom stereocenters. The van der Waals surface area contributed by atoms with Crippen LogP contribution in [0.3, 0.4) is 0 Å². The molecule has 0 aromatic carbocycles. The third kappa shape index (κ3) is 6.25. The van der Waals surface area contributed by atoms with Crippen molar-refractivity contribution in [1.82, 2.24) is 9.88 Å². The zero-order valence-corrected chi connectivity index (χ0v) is 16.1. The summed E-state index contributed by atoms with van der Waals surface area (Å²) in [4.78, 5) is 30.4. The van der Waals surface area contributed by atoms with Gasteiger partial charge in [0.05, 0.1) is 16.7 Å². The van der Waals surface area contributed by atoms with Crippen LogP contribution in [0, 0.1) is 0 Å². The largest absolute Gasteiger partial charge is 0.463 e. The van der Waals surface area contributed by atoms with Crippen molar-refractivity contribution in [2.45, 2.75) is 45.6 Å². The molecule has 0 atom stereocenters. The number of aromatic nitrogens is 1. The predicted molar refractivity (Wildman–Crippen MR) is 104 cm³/mol. The van der Waals surface area contributed by atoms with Gasteiger partial charge in [-0.2, -0.15) is 0 Å². The first kappa shape index (κ1) is 19.6. The van der Waals surface area contributed by atoms with Gasteiger partial charge in [-0.15, -0.1) is 0 Å². The van der Waals surface area contributed by atoms with Crippen LogP contribution < -0.4 is 0 Å². The van der Waals surface area contributed by atoms with Gasteiger partial charge in [0.2, 0.25) is 0 Å². The Morgan fingerprint density at radius 3 is 2.84 bits per heavy atom. The van der Waals surface area contributed by atoms with E-state index in [1.165, 1.54) is 11.8 Å². The lowest BCUT2D eigenvalue weighted by molar-refractivity contribution is -0.147. The second kappa shape index (κ2) is 9.68. The molecule has 0 bridgehead atoms. The number of carbonyl (C=O) groups excluding carboxylic acids is 2. The zero-order chi connectivity index (χ0) is 18.2. The van der Waals surface area contributed by atoms with Crippen molar-refractivity contribution in [2.75, 3.05) is 6.54 Å². The van der Waals surface area contributed by atoms with Crippen LogP contribution in [0.5, 0.6) is 0 Å². The summed E-state index contributed by atoms with van der Waals surface area (Å²) in [5, 5.41) is 0. The molecule has 1 saturated heterocycles. The lowest BCUT2D eigenvalue weighted by atomic mass is 10.2. The molecule has 1 fully saturated rings. The molecule has 0 aliphatic carbocycles. The molecule has 1 aromatic heterocycles. The van der Waals surface area contributed by atoms with Gasteiger partial charge in [-0.05, 0) is 44.9 Å². The van der Waals surface area contributed by atoms with Crippen LogP contribution in [0.1, 0.15) is 45.2 Å². The summed E-state index contributed by atoms with van der Waals surface area (Å²) in [6, 6.07) is 5.56. The van der Waals surface area contributed by atoms with Crippen molar-refractivity contribution in [3.63, 3.8) is 0 Å². The molecule has 1 aromatic rings. The summed E-state index contributed by atoms with van der Waals surface area (Å²) in [5.74, 6) is -0.237. The number of hydrogen-bond donors (Lipinski definition) is 0. The molecule has 1 aliphatic rings. The van der Waals surface area contributed by atoms with Gasteiger partial charge in [0.1, 0.15) is 4.32 Å². The van der Waals surface area contributed by atoms with Crippen LogP contribution in [-0.2, 0) is 14.3 Å². The van der Waals surface area contributed by atoms with Gasteiger partial charge in [0.25, 0.3) is 5.91 Å². The van der Waals surface area contributed by atoms with Crippen LogP contribution in [-0.4, -0.2) is 38.7 Å². The highest BCUT2D eigenvalue weighted by Gasteiger charge is 2.31. The minimum absolute atomic E-state index is 0.0696. The standard InChI is InChI=1S/C18H22N2O3S2/c1-13(2)23-16(21)9-4-3-7-11-20-17(22)15(25-18(20)24)12-14-8-5-6-10-19-14/h5-6,8,10,12-13H,3-4,7,9,11H2,1-2H3/b15-12+. The number of ether oxygens (including phenoxy) is 1. The first-order valence-electron chi connectivity index (χ1n) is 8.33. The Labute approximate surface area is 157 Å². The number of amides is 1. The second-order valence-corrected chi connectivity index (χ2v) is 7.61. The molecule has 1 amide bonds. The maximum Gasteiger partial charge on any atom is 0.306 e. The maximum absolute atomic E-state index is 12.5. The third-order valence-corrected chi connectivity index (χ3v) is 4.85. The van der Waals surface area contributed by atoms with Crippen molar-refractivity contribution in [3.05, 3.63) is 35.0 Å². The quantitative estimate of drug-likeness (QED) is 0.297. The fourth-order valence-corrected chi connectivity index (χ4v) is 3.62. The van der Waals surface area contributed by atoms with Gasteiger partial charge >= 0.3 is 5.97 Å². The van der Waals surface area contributed by atoms with Crippen LogP contribution in [0.4, 0.5) is 0 Å². The Morgan fingerprint density at radius 1 is 1.36 bits per heavy atom. The number of pyridine rings is 1. The highest BCUT2D eigenvalue weighted by atomic mass is 32.2. The number of thioether (sulfide) groups is 1. The molecule has 0 saturated carbocycles. The molecule has 5 nitrogen and oxygen atoms in total. The number of hydrogen-bond acceptors (Lipinski definition) is 6. The number of thiocarbonyl (C=S) groups is 1. The van der Waals surface area contributed by atoms with E-state index in [-0.39, 0.29) is 18.0 Å². The van der Waals surface area contributed by atoms with Crippen molar-refractivity contribution >= 4 is 46.3 Å². The van der Waals surface area contributed by atoms with E-state index in [9.17, 15) is 9.59 Å². The number of esters is 1. The van der Waals surface area contributed by atoms with Crippen molar-refractivity contribution in [2.24, 2.45) is 0 Å². The van der Waals surface area contributed by atoms with Gasteiger partial charge in [-0.3, -0.25) is 19.5 Å². The second-order valence-electron chi connectivity index (χ2n) is 5.94. The smallest absolute Gasteiger partial charge is 0.306 e. The summed E-state index contributed by atoms with van der Waals surface area (Å²) in [6.07, 6.45) is 6.20. The fraction of sp³-hybridized carbons (Fsp3) is 0.444. The number of nitrogens with zero attached hydrogens (tertiary/aromatic N) is 2. The van der Waals surface area contributed by atoms with E-state index >= 15 is 0 Å². The first-order valence-corrected chi connectivity index (χ1v) is 9.55. The predicted octanol–water partition coefficient (Wildman–Crippen LogP) is 3.79. The van der Waals surface area contributed by atoms with Gasteiger partial charge in [-0.25, -0.2) is 0 Å². The zero-order valence-electron chi connectivity index (χ0n) is 14.4. The maximum atomic E-state index is 12.5. The van der Waals surface area contributed by atoms with Crippen LogP contribution in [0.2, 0.25) is 0 Å². The molecule has 0 N–H and O–H groups in total. The topological polar surface area (TPSA) is 59.5 Å². The van der Waals surface area contributed by atoms with Crippen LogP contribution in [0.15, 0.2) is 29.3 Å². The Hall–Kier alpha value is -1.73. The summed E-state index contributed by atoms with van der Waals surface area (Å²) in [5.41, 5.74) is 0.742. The minimum Gasteiger partial charge on any atom is -0.463 e. The number of unbranched alkanes of at least 4 members (excludes halogenated alkanes) is 2. The highest BCUT2D eigenvalue weighted by molar-refractivity contribution is 8.26. The van der Waals surface area contributed by atoms with E-state index in [2.05, 4.69) is 4.98 Å². The van der Waals surface area contributed by atoms with Crippen molar-refractivity contribution in [3.8, 4) is 0 Å². The molecule has 1 aliphatic heterocycles. The van der Waals surface area contributed by atoms with E-state index in [0.29, 0.717) is 22.2 Å². The van der Waals surface area contributed by atoms with Crippen molar-refractivity contribution < 1.29 is 14.3 Å². The summed E-state index contributed by atoms with van der Waals surface area (Å²) in [6.45, 7) is 4.25. The molecule has 25 heavy (non-hydrogen) atoms. The first-order chi connectivity index (χ1) is 12.0. The van der Waals surface area contributed by atoms with E-state index in [0.717, 1.165) is 25.0 Å². The Morgan fingerprint density at radius 2 is 2.16 bits per heavy atom. The normalized spacial score (nSPS) is 16.1. The van der Waals surface area contributed by atoms with Crippen molar-refractivity contribution in [1.29, 1.82) is 0 Å². The van der Waals surface area contributed by atoms with Gasteiger partial charge < -0.3 is 4.74 Å². The molecular formula is C18H22N2O3S2. The summed E-state index contributed by atoms with van der Waals surface area (Å²) >= 11 is 6.62. The Bertz CT molecular complexity index is 660. The third-order valence-electron chi connectivity index (χ3n) is 3.47. The summed E-state index contributed by atoms with van der Waals surface area (Å²) in [7, 11) is 0. The Balaban J connectivity index is 1.77. The molecule has 2 rings (SSSR count). The average Bonchev–Trinajstić information content (AvgIpc) is 2.82. The van der Waals surface area contributed by atoms with Crippen LogP contribution in [0.25, 0.3) is 6.08 Å². The highest BCUT2D eigenvalue weighted by Crippen LogP contribution is 2.32. The van der Waals surface area contributed by atoms with E-state index in [4.69, 9.17) is 17.0 Å². The molecular weight excluding hydrogens is 356 g/mol. The van der Waals surface area contributed by atoms with E-state index in [1.54, 1.807) is 17.2 Å². The molecule has 134 valence electrons. The molecule has 7 heteroatoms. The summed E-state index contributed by atoms with van der Waals surface area (Å²) < 4.78 is 5.67. The van der Waals surface area contributed by atoms with Gasteiger partial charge in [0.15, 0.2) is 0 Å². The molecule has 2 heterocycles. The lowest BCUT2D eigenvalue weighted by Gasteiger charge is -2.14. The monoisotopic (exact) mass is 378 g/mol. The number of rotatable bonds is 8.